The van der Waals surface area contributed by atoms with Crippen molar-refractivity contribution in [2.45, 2.75) is 44.7 Å². The molecule has 0 fully saturated rings. The number of carbonyl (C=O) groups is 1. The van der Waals surface area contributed by atoms with E-state index in [0.717, 1.165) is 44.5 Å². The molecule has 0 saturated carbocycles. The van der Waals surface area contributed by atoms with Gasteiger partial charge in [-0.05, 0) is 25.7 Å². The van der Waals surface area contributed by atoms with E-state index in [0.29, 0.717) is 0 Å². The quantitative estimate of drug-likeness (QED) is 0.806. The van der Waals surface area contributed by atoms with Crippen LogP contribution in [0.2, 0.25) is 0 Å². The van der Waals surface area contributed by atoms with Crippen molar-refractivity contribution in [3.05, 3.63) is 30.4 Å². The lowest BCUT2D eigenvalue weighted by molar-refractivity contribution is -0.126. The van der Waals surface area contributed by atoms with Gasteiger partial charge in [0, 0.05) is 37.3 Å². The third-order valence-electron chi connectivity index (χ3n) is 3.92. The summed E-state index contributed by atoms with van der Waals surface area (Å²) in [6, 6.07) is 0.269. The molecule has 18 heavy (non-hydrogen) atoms. The largest absolute Gasteiger partial charge is 0.351 e. The topological polar surface area (TPSA) is 46.9 Å². The summed E-state index contributed by atoms with van der Waals surface area (Å²) in [4.78, 5) is 16.4. The number of hydrogen-bond donors (Lipinski definition) is 1. The zero-order valence-corrected chi connectivity index (χ0v) is 10.5. The molecule has 0 unspecified atom stereocenters. The summed E-state index contributed by atoms with van der Waals surface area (Å²) in [6.07, 6.45) is 13.0. The maximum atomic E-state index is 12.1. The minimum atomic E-state index is 0.180. The smallest absolute Gasteiger partial charge is 0.223 e. The van der Waals surface area contributed by atoms with Gasteiger partial charge in [0.05, 0.1) is 0 Å². The van der Waals surface area contributed by atoms with E-state index in [2.05, 4.69) is 27.0 Å². The third-order valence-corrected chi connectivity index (χ3v) is 3.92. The molecule has 1 N–H and O–H groups in total. The Balaban J connectivity index is 1.57. The number of fused-ring (bicyclic) bond motifs is 1. The summed E-state index contributed by atoms with van der Waals surface area (Å²) in [7, 11) is 0. The number of nitrogens with one attached hydrogen (secondary N) is 1. The SMILES string of the molecule is O=C(N[C@@H]1CCc2nccn2C1)[C@H]1CC=CCC1. The highest BCUT2D eigenvalue weighted by Gasteiger charge is 2.24. The van der Waals surface area contributed by atoms with E-state index in [1.165, 1.54) is 0 Å². The van der Waals surface area contributed by atoms with Crippen LogP contribution >= 0.6 is 0 Å². The van der Waals surface area contributed by atoms with Gasteiger partial charge < -0.3 is 9.88 Å². The fourth-order valence-corrected chi connectivity index (χ4v) is 2.84. The van der Waals surface area contributed by atoms with Crippen molar-refractivity contribution in [1.82, 2.24) is 14.9 Å². The molecule has 2 heterocycles. The van der Waals surface area contributed by atoms with Gasteiger partial charge in [0.15, 0.2) is 0 Å². The van der Waals surface area contributed by atoms with Crippen molar-refractivity contribution in [1.29, 1.82) is 0 Å². The summed E-state index contributed by atoms with van der Waals surface area (Å²) in [5.41, 5.74) is 0. The van der Waals surface area contributed by atoms with Crippen LogP contribution < -0.4 is 5.32 Å². The van der Waals surface area contributed by atoms with E-state index in [9.17, 15) is 4.79 Å². The van der Waals surface area contributed by atoms with Crippen LogP contribution in [0.25, 0.3) is 0 Å². The first-order valence-electron chi connectivity index (χ1n) is 6.78. The molecule has 4 heteroatoms. The van der Waals surface area contributed by atoms with Gasteiger partial charge in [0.1, 0.15) is 5.82 Å². The van der Waals surface area contributed by atoms with E-state index in [-0.39, 0.29) is 17.9 Å². The highest BCUT2D eigenvalue weighted by Crippen LogP contribution is 2.19. The van der Waals surface area contributed by atoms with Gasteiger partial charge in [-0.25, -0.2) is 4.98 Å². The molecule has 1 amide bonds. The minimum absolute atomic E-state index is 0.180. The second kappa shape index (κ2) is 4.96. The Morgan fingerprint density at radius 1 is 1.39 bits per heavy atom. The van der Waals surface area contributed by atoms with Crippen LogP contribution in [0.4, 0.5) is 0 Å². The molecule has 96 valence electrons. The molecule has 2 atom stereocenters. The zero-order valence-electron chi connectivity index (χ0n) is 10.5. The lowest BCUT2D eigenvalue weighted by Gasteiger charge is -2.27. The van der Waals surface area contributed by atoms with E-state index in [4.69, 9.17) is 0 Å². The summed E-state index contributed by atoms with van der Waals surface area (Å²) < 4.78 is 2.15. The standard InChI is InChI=1S/C14H19N3O/c18-14(11-4-2-1-3-5-11)16-12-6-7-13-15-8-9-17(13)10-12/h1-2,8-9,11-12H,3-7,10H2,(H,16,18)/t11-,12+/m0/s1. The number of aryl methyl sites for hydroxylation is 1. The highest BCUT2D eigenvalue weighted by atomic mass is 16.1. The van der Waals surface area contributed by atoms with Gasteiger partial charge in [0.25, 0.3) is 0 Å². The molecule has 0 radical (unpaired) electrons. The maximum absolute atomic E-state index is 12.1. The molecule has 0 bridgehead atoms. The normalized spacial score (nSPS) is 26.7. The van der Waals surface area contributed by atoms with Crippen LogP contribution in [0.5, 0.6) is 0 Å². The third kappa shape index (κ3) is 2.33. The lowest BCUT2D eigenvalue weighted by Crippen LogP contribution is -2.43. The Kier molecular flexibility index (Phi) is 3.17. The van der Waals surface area contributed by atoms with Crippen LogP contribution in [0, 0.1) is 5.92 Å². The number of rotatable bonds is 2. The number of amides is 1. The van der Waals surface area contributed by atoms with Crippen molar-refractivity contribution in [3.8, 4) is 0 Å². The predicted molar refractivity (Wildman–Crippen MR) is 69.0 cm³/mol. The highest BCUT2D eigenvalue weighted by molar-refractivity contribution is 5.79. The molecule has 0 saturated heterocycles. The van der Waals surface area contributed by atoms with Crippen molar-refractivity contribution < 1.29 is 4.79 Å². The van der Waals surface area contributed by atoms with E-state index in [1.54, 1.807) is 0 Å². The van der Waals surface area contributed by atoms with Crippen LogP contribution in [-0.2, 0) is 17.8 Å². The average molecular weight is 245 g/mol. The molecular weight excluding hydrogens is 226 g/mol. The molecule has 2 aliphatic rings. The lowest BCUT2D eigenvalue weighted by atomic mass is 9.93. The molecule has 0 aromatic carbocycles. The van der Waals surface area contributed by atoms with Crippen molar-refractivity contribution >= 4 is 5.91 Å². The summed E-state index contributed by atoms with van der Waals surface area (Å²) >= 11 is 0. The van der Waals surface area contributed by atoms with E-state index >= 15 is 0 Å². The summed E-state index contributed by atoms with van der Waals surface area (Å²) in [6.45, 7) is 0.865. The van der Waals surface area contributed by atoms with Gasteiger partial charge in [-0.3, -0.25) is 4.79 Å². The monoisotopic (exact) mass is 245 g/mol. The number of aromatic nitrogens is 2. The van der Waals surface area contributed by atoms with Gasteiger partial charge >= 0.3 is 0 Å². The number of allylic oxidation sites excluding steroid dienone is 2. The van der Waals surface area contributed by atoms with Gasteiger partial charge in [0.2, 0.25) is 5.91 Å². The Bertz CT molecular complexity index is 463. The molecule has 3 rings (SSSR count). The van der Waals surface area contributed by atoms with E-state index in [1.807, 2.05) is 12.4 Å². The van der Waals surface area contributed by atoms with Gasteiger partial charge in [-0.15, -0.1) is 0 Å². The zero-order chi connectivity index (χ0) is 12.4. The second-order valence-electron chi connectivity index (χ2n) is 5.22. The van der Waals surface area contributed by atoms with Crippen molar-refractivity contribution in [2.24, 2.45) is 5.92 Å². The molecule has 1 aliphatic carbocycles. The Hall–Kier alpha value is -1.58. The Morgan fingerprint density at radius 2 is 2.33 bits per heavy atom. The summed E-state index contributed by atoms with van der Waals surface area (Å²) in [5, 5.41) is 3.20. The van der Waals surface area contributed by atoms with Crippen LogP contribution in [0.3, 0.4) is 0 Å². The number of nitrogens with zero attached hydrogens (tertiary/aromatic N) is 2. The predicted octanol–water partition coefficient (Wildman–Crippen LogP) is 1.67. The Morgan fingerprint density at radius 3 is 3.17 bits per heavy atom. The van der Waals surface area contributed by atoms with Crippen LogP contribution in [0.1, 0.15) is 31.5 Å². The number of carbonyl (C=O) groups excluding carboxylic acids is 1. The average Bonchev–Trinajstić information content (AvgIpc) is 2.87. The van der Waals surface area contributed by atoms with Gasteiger partial charge in [-0.1, -0.05) is 12.2 Å². The molecule has 4 nitrogen and oxygen atoms in total. The minimum Gasteiger partial charge on any atom is -0.351 e. The number of imidazole rings is 1. The van der Waals surface area contributed by atoms with E-state index < -0.39 is 0 Å². The van der Waals surface area contributed by atoms with Crippen LogP contribution in [0.15, 0.2) is 24.5 Å². The fourth-order valence-electron chi connectivity index (χ4n) is 2.84. The molecule has 1 aromatic heterocycles. The van der Waals surface area contributed by atoms with Crippen molar-refractivity contribution in [3.63, 3.8) is 0 Å². The molecule has 0 spiro atoms. The fraction of sp³-hybridized carbons (Fsp3) is 0.571. The summed E-state index contributed by atoms with van der Waals surface area (Å²) in [5.74, 6) is 1.55. The first kappa shape index (κ1) is 11.5. The molecule has 1 aromatic rings. The van der Waals surface area contributed by atoms with Crippen molar-refractivity contribution in [2.75, 3.05) is 0 Å². The first-order chi connectivity index (χ1) is 8.83. The Labute approximate surface area is 107 Å². The number of hydrogen-bond acceptors (Lipinski definition) is 2. The molecule has 1 aliphatic heterocycles. The molecular formula is C14H19N3O. The van der Waals surface area contributed by atoms with Crippen LogP contribution in [-0.4, -0.2) is 21.5 Å². The maximum Gasteiger partial charge on any atom is 0.223 e. The second-order valence-corrected chi connectivity index (χ2v) is 5.22. The van der Waals surface area contributed by atoms with Gasteiger partial charge in [-0.2, -0.15) is 0 Å². The first-order valence-corrected chi connectivity index (χ1v) is 6.78.